The van der Waals surface area contributed by atoms with Gasteiger partial charge in [0.05, 0.1) is 6.54 Å². The number of H-pyrrole nitrogens is 1. The van der Waals surface area contributed by atoms with E-state index in [1.165, 1.54) is 4.90 Å². The van der Waals surface area contributed by atoms with Crippen molar-refractivity contribution in [1.82, 2.24) is 25.5 Å². The lowest BCUT2D eigenvalue weighted by Gasteiger charge is -2.21. The first-order chi connectivity index (χ1) is 16.1. The second kappa shape index (κ2) is 10.3. The zero-order valence-electron chi connectivity index (χ0n) is 18.0. The van der Waals surface area contributed by atoms with Gasteiger partial charge in [0.1, 0.15) is 0 Å². The standard InChI is InChI=1S/C25H24N6O2/c26-23(32)17-31(24(33)15-12-18-6-2-1-3-7-18)16-19-10-13-20(14-11-19)21-8-4-5-9-22(21)25-27-29-30-28-25/h1-11,13-14H,12,15-17H2,(H2,26,32)(H,27,28,29,30). The summed E-state index contributed by atoms with van der Waals surface area (Å²) in [5.41, 5.74) is 10.3. The highest BCUT2D eigenvalue weighted by Gasteiger charge is 2.17. The molecule has 4 rings (SSSR count). The van der Waals surface area contributed by atoms with Crippen molar-refractivity contribution < 1.29 is 9.59 Å². The minimum absolute atomic E-state index is 0.107. The molecule has 0 aliphatic heterocycles. The zero-order valence-corrected chi connectivity index (χ0v) is 18.0. The van der Waals surface area contributed by atoms with Crippen molar-refractivity contribution in [2.24, 2.45) is 5.73 Å². The lowest BCUT2D eigenvalue weighted by molar-refractivity contribution is -0.135. The molecule has 0 aliphatic rings. The number of carbonyl (C=O) groups excluding carboxylic acids is 2. The summed E-state index contributed by atoms with van der Waals surface area (Å²) in [5.74, 6) is -0.0505. The monoisotopic (exact) mass is 440 g/mol. The number of rotatable bonds is 9. The lowest BCUT2D eigenvalue weighted by atomic mass is 9.98. The molecule has 3 N–H and O–H groups in total. The predicted octanol–water partition coefficient (Wildman–Crippen LogP) is 2.98. The molecule has 0 spiro atoms. The Bertz CT molecular complexity index is 1210. The molecule has 166 valence electrons. The maximum Gasteiger partial charge on any atom is 0.237 e. The van der Waals surface area contributed by atoms with Crippen molar-refractivity contribution in [3.63, 3.8) is 0 Å². The van der Waals surface area contributed by atoms with Gasteiger partial charge < -0.3 is 10.6 Å². The molecule has 1 heterocycles. The van der Waals surface area contributed by atoms with Gasteiger partial charge in [0.15, 0.2) is 5.82 Å². The Kier molecular flexibility index (Phi) is 6.84. The summed E-state index contributed by atoms with van der Waals surface area (Å²) in [6.07, 6.45) is 0.926. The van der Waals surface area contributed by atoms with Gasteiger partial charge in [-0.2, -0.15) is 0 Å². The largest absolute Gasteiger partial charge is 0.368 e. The molecule has 4 aromatic rings. The molecule has 0 atom stereocenters. The molecule has 0 radical (unpaired) electrons. The first-order valence-electron chi connectivity index (χ1n) is 10.6. The van der Waals surface area contributed by atoms with Gasteiger partial charge in [0.2, 0.25) is 11.8 Å². The van der Waals surface area contributed by atoms with E-state index in [2.05, 4.69) is 20.6 Å². The number of tetrazole rings is 1. The van der Waals surface area contributed by atoms with Gasteiger partial charge in [-0.05, 0) is 39.1 Å². The van der Waals surface area contributed by atoms with Crippen molar-refractivity contribution in [2.45, 2.75) is 19.4 Å². The fourth-order valence-corrected chi connectivity index (χ4v) is 3.70. The van der Waals surface area contributed by atoms with Gasteiger partial charge in [0, 0.05) is 18.5 Å². The van der Waals surface area contributed by atoms with Crippen molar-refractivity contribution in [3.05, 3.63) is 90.0 Å². The summed E-state index contributed by atoms with van der Waals surface area (Å²) in [5, 5.41) is 14.1. The number of aromatic amines is 1. The molecule has 8 heteroatoms. The summed E-state index contributed by atoms with van der Waals surface area (Å²) in [4.78, 5) is 25.9. The maximum atomic E-state index is 12.8. The number of nitrogens with two attached hydrogens (primary N) is 1. The zero-order chi connectivity index (χ0) is 23.0. The van der Waals surface area contributed by atoms with Crippen molar-refractivity contribution >= 4 is 11.8 Å². The molecule has 0 fully saturated rings. The summed E-state index contributed by atoms with van der Waals surface area (Å²) in [6.45, 7) is 0.196. The molecule has 1 aromatic heterocycles. The van der Waals surface area contributed by atoms with Crippen LogP contribution in [-0.2, 0) is 22.6 Å². The minimum Gasteiger partial charge on any atom is -0.368 e. The Labute approximate surface area is 191 Å². The molecule has 0 saturated carbocycles. The van der Waals surface area contributed by atoms with Crippen LogP contribution in [0.2, 0.25) is 0 Å². The van der Waals surface area contributed by atoms with E-state index in [1.807, 2.05) is 78.9 Å². The molecule has 0 saturated heterocycles. The highest BCUT2D eigenvalue weighted by molar-refractivity contribution is 5.84. The van der Waals surface area contributed by atoms with Crippen molar-refractivity contribution in [3.8, 4) is 22.5 Å². The molecule has 0 bridgehead atoms. The van der Waals surface area contributed by atoms with Crippen LogP contribution in [0.5, 0.6) is 0 Å². The molecule has 0 unspecified atom stereocenters. The molecule has 3 aromatic carbocycles. The fraction of sp³-hybridized carbons (Fsp3) is 0.160. The van der Waals surface area contributed by atoms with E-state index in [9.17, 15) is 9.59 Å². The molecule has 33 heavy (non-hydrogen) atoms. The van der Waals surface area contributed by atoms with E-state index < -0.39 is 5.91 Å². The number of benzene rings is 3. The van der Waals surface area contributed by atoms with Crippen LogP contribution in [0.4, 0.5) is 0 Å². The summed E-state index contributed by atoms with van der Waals surface area (Å²) >= 11 is 0. The molecular formula is C25H24N6O2. The van der Waals surface area contributed by atoms with E-state index in [1.54, 1.807) is 0 Å². The Morgan fingerprint density at radius 2 is 1.55 bits per heavy atom. The van der Waals surface area contributed by atoms with Crippen molar-refractivity contribution in [1.29, 1.82) is 0 Å². The van der Waals surface area contributed by atoms with Crippen LogP contribution < -0.4 is 5.73 Å². The van der Waals surface area contributed by atoms with Gasteiger partial charge in [-0.25, -0.2) is 5.10 Å². The number of aromatic nitrogens is 4. The summed E-state index contributed by atoms with van der Waals surface area (Å²) in [6, 6.07) is 25.5. The minimum atomic E-state index is -0.533. The maximum absolute atomic E-state index is 12.8. The van der Waals surface area contributed by atoms with Crippen LogP contribution in [0, 0.1) is 0 Å². The SMILES string of the molecule is NC(=O)CN(Cc1ccc(-c2ccccc2-c2nnn[nH]2)cc1)C(=O)CCc1ccccc1. The van der Waals surface area contributed by atoms with Crippen LogP contribution in [0.3, 0.4) is 0 Å². The van der Waals surface area contributed by atoms with Crippen LogP contribution in [0.15, 0.2) is 78.9 Å². The van der Waals surface area contributed by atoms with E-state index in [0.717, 1.165) is 27.8 Å². The number of nitrogens with zero attached hydrogens (tertiary/aromatic N) is 4. The Morgan fingerprint density at radius 3 is 2.21 bits per heavy atom. The third kappa shape index (κ3) is 5.68. The van der Waals surface area contributed by atoms with Crippen LogP contribution >= 0.6 is 0 Å². The number of amides is 2. The molecule has 0 aliphatic carbocycles. The Balaban J connectivity index is 1.48. The molecule has 8 nitrogen and oxygen atoms in total. The van der Waals surface area contributed by atoms with Crippen molar-refractivity contribution in [2.75, 3.05) is 6.54 Å². The van der Waals surface area contributed by atoms with E-state index >= 15 is 0 Å². The van der Waals surface area contributed by atoms with Gasteiger partial charge in [-0.15, -0.1) is 5.10 Å². The van der Waals surface area contributed by atoms with E-state index in [0.29, 0.717) is 25.2 Å². The van der Waals surface area contributed by atoms with E-state index in [-0.39, 0.29) is 12.5 Å². The average molecular weight is 441 g/mol. The predicted molar refractivity (Wildman–Crippen MR) is 124 cm³/mol. The number of hydrogen-bond donors (Lipinski definition) is 2. The third-order valence-electron chi connectivity index (χ3n) is 5.34. The second-order valence-corrected chi connectivity index (χ2v) is 7.69. The van der Waals surface area contributed by atoms with Crippen LogP contribution in [-0.4, -0.2) is 43.9 Å². The van der Waals surface area contributed by atoms with Gasteiger partial charge in [-0.1, -0.05) is 78.9 Å². The molecular weight excluding hydrogens is 416 g/mol. The highest BCUT2D eigenvalue weighted by atomic mass is 16.2. The lowest BCUT2D eigenvalue weighted by Crippen LogP contribution is -2.38. The van der Waals surface area contributed by atoms with Gasteiger partial charge in [-0.3, -0.25) is 9.59 Å². The number of primary amides is 1. The Hall–Kier alpha value is -4.33. The Morgan fingerprint density at radius 1 is 0.848 bits per heavy atom. The average Bonchev–Trinajstić information content (AvgIpc) is 3.38. The molecule has 2 amide bonds. The number of carbonyl (C=O) groups is 2. The smallest absolute Gasteiger partial charge is 0.237 e. The fourth-order valence-electron chi connectivity index (χ4n) is 3.70. The topological polar surface area (TPSA) is 118 Å². The number of hydrogen-bond acceptors (Lipinski definition) is 5. The first kappa shape index (κ1) is 21.9. The van der Waals surface area contributed by atoms with Gasteiger partial charge >= 0.3 is 0 Å². The summed E-state index contributed by atoms with van der Waals surface area (Å²) < 4.78 is 0. The number of nitrogens with one attached hydrogen (secondary N) is 1. The quantitative estimate of drug-likeness (QED) is 0.415. The first-order valence-corrected chi connectivity index (χ1v) is 10.6. The summed E-state index contributed by atoms with van der Waals surface area (Å²) in [7, 11) is 0. The van der Waals surface area contributed by atoms with Crippen LogP contribution in [0.1, 0.15) is 17.5 Å². The normalized spacial score (nSPS) is 10.7. The third-order valence-corrected chi connectivity index (χ3v) is 5.34. The second-order valence-electron chi connectivity index (χ2n) is 7.69. The van der Waals surface area contributed by atoms with Gasteiger partial charge in [0.25, 0.3) is 0 Å². The van der Waals surface area contributed by atoms with Crippen LogP contribution in [0.25, 0.3) is 22.5 Å². The number of aryl methyl sites for hydroxylation is 1. The van der Waals surface area contributed by atoms with E-state index in [4.69, 9.17) is 5.73 Å². The highest BCUT2D eigenvalue weighted by Crippen LogP contribution is 2.29.